The highest BCUT2D eigenvalue weighted by Crippen LogP contribution is 2.52. The summed E-state index contributed by atoms with van der Waals surface area (Å²) in [6, 6.07) is -0.956. The lowest BCUT2D eigenvalue weighted by Crippen LogP contribution is -2.56. The molecule has 2 atom stereocenters. The van der Waals surface area contributed by atoms with Crippen LogP contribution in [0.2, 0.25) is 0 Å². The Bertz CT molecular complexity index is 362. The van der Waals surface area contributed by atoms with Crippen molar-refractivity contribution in [1.29, 1.82) is 0 Å². The maximum atomic E-state index is 14.2. The minimum absolute atomic E-state index is 0.0913. The van der Waals surface area contributed by atoms with Crippen LogP contribution in [0, 0.1) is 5.41 Å². The highest BCUT2D eigenvalue weighted by atomic mass is 32.2. The Hall–Kier alpha value is -0.0700. The summed E-state index contributed by atoms with van der Waals surface area (Å²) in [6.45, 7) is 6.96. The van der Waals surface area contributed by atoms with Crippen molar-refractivity contribution in [3.05, 3.63) is 0 Å². The third-order valence-corrected chi connectivity index (χ3v) is 5.93. The summed E-state index contributed by atoms with van der Waals surface area (Å²) in [6.07, 6.45) is 1.91. The Morgan fingerprint density at radius 1 is 1.16 bits per heavy atom. The minimum Gasteiger partial charge on any atom is -0.317 e. The molecular formula is C13H24F2N2OS. The second kappa shape index (κ2) is 5.04. The molecule has 1 heterocycles. The van der Waals surface area contributed by atoms with Gasteiger partial charge >= 0.3 is 0 Å². The molecule has 2 aliphatic rings. The van der Waals surface area contributed by atoms with Crippen LogP contribution in [0.1, 0.15) is 46.5 Å². The predicted octanol–water partition coefficient (Wildman–Crippen LogP) is 2.21. The Morgan fingerprint density at radius 3 is 2.26 bits per heavy atom. The number of rotatable bonds is 2. The van der Waals surface area contributed by atoms with E-state index in [-0.39, 0.29) is 6.42 Å². The molecule has 1 aliphatic carbocycles. The number of hydrogen-bond donors (Lipinski definition) is 2. The van der Waals surface area contributed by atoms with Gasteiger partial charge in [0, 0.05) is 6.42 Å². The van der Waals surface area contributed by atoms with Gasteiger partial charge < -0.3 is 5.32 Å². The Kier molecular flexibility index (Phi) is 4.06. The number of nitrogens with one attached hydrogen (secondary N) is 2. The highest BCUT2D eigenvalue weighted by Gasteiger charge is 2.59. The molecule has 6 heteroatoms. The van der Waals surface area contributed by atoms with Crippen molar-refractivity contribution in [2.24, 2.45) is 5.41 Å². The fourth-order valence-corrected chi connectivity index (χ4v) is 4.10. The first-order chi connectivity index (χ1) is 8.67. The van der Waals surface area contributed by atoms with Crippen LogP contribution in [0.3, 0.4) is 0 Å². The molecule has 0 aromatic heterocycles. The van der Waals surface area contributed by atoms with Crippen molar-refractivity contribution in [2.45, 2.75) is 63.2 Å². The molecule has 19 heavy (non-hydrogen) atoms. The van der Waals surface area contributed by atoms with Gasteiger partial charge in [0.15, 0.2) is 0 Å². The number of halogens is 2. The number of alkyl halides is 2. The second-order valence-electron chi connectivity index (χ2n) is 6.81. The Labute approximate surface area is 116 Å². The van der Waals surface area contributed by atoms with Crippen molar-refractivity contribution in [3.8, 4) is 0 Å². The van der Waals surface area contributed by atoms with Crippen molar-refractivity contribution >= 4 is 11.0 Å². The Morgan fingerprint density at radius 2 is 1.74 bits per heavy atom. The molecule has 0 bridgehead atoms. The molecule has 1 unspecified atom stereocenters. The summed E-state index contributed by atoms with van der Waals surface area (Å²) in [5, 5.41) is 3.22. The number of hydrogen-bond acceptors (Lipinski definition) is 2. The molecule has 0 aromatic rings. The molecule has 0 amide bonds. The average molecular weight is 294 g/mol. The summed E-state index contributed by atoms with van der Waals surface area (Å²) in [5.74, 6) is -2.75. The number of piperidine rings is 1. The van der Waals surface area contributed by atoms with Gasteiger partial charge in [0.2, 0.25) is 0 Å². The molecular weight excluding hydrogens is 270 g/mol. The lowest BCUT2D eigenvalue weighted by Gasteiger charge is -2.41. The first-order valence-electron chi connectivity index (χ1n) is 6.94. The first kappa shape index (κ1) is 15.3. The molecule has 2 rings (SSSR count). The van der Waals surface area contributed by atoms with E-state index < -0.39 is 33.1 Å². The summed E-state index contributed by atoms with van der Waals surface area (Å²) >= 11 is 0. The van der Waals surface area contributed by atoms with Crippen LogP contribution >= 0.6 is 0 Å². The molecule has 0 radical (unpaired) electrons. The normalized spacial score (nSPS) is 31.5. The fraction of sp³-hybridized carbons (Fsp3) is 1.00. The standard InChI is InChI=1S/C13H24F2N2OS/c1-11(2,3)19(18)17-10-12(4-5-13(10,14)15)6-8-16-9-7-12/h10,16-17H,4-9H2,1-3H3/t10-,19?/m0/s1. The molecule has 1 aliphatic heterocycles. The van der Waals surface area contributed by atoms with Crippen molar-refractivity contribution < 1.29 is 13.0 Å². The molecule has 0 aromatic carbocycles. The average Bonchev–Trinajstić information content (AvgIpc) is 2.54. The SMILES string of the molecule is CC(C)(C)S(=O)N[C@@H]1C(F)(F)CCC12CCNCC2. The molecule has 1 saturated carbocycles. The molecule has 1 spiro atoms. The summed E-state index contributed by atoms with van der Waals surface area (Å²) in [4.78, 5) is 0. The van der Waals surface area contributed by atoms with Gasteiger partial charge in [0.1, 0.15) is 0 Å². The minimum atomic E-state index is -2.75. The van der Waals surface area contributed by atoms with Crippen LogP contribution in [-0.2, 0) is 11.0 Å². The van der Waals surface area contributed by atoms with Gasteiger partial charge in [-0.3, -0.25) is 0 Å². The monoisotopic (exact) mass is 294 g/mol. The van der Waals surface area contributed by atoms with E-state index in [1.807, 2.05) is 0 Å². The zero-order valence-electron chi connectivity index (χ0n) is 11.9. The molecule has 2 N–H and O–H groups in total. The maximum absolute atomic E-state index is 14.2. The molecule has 1 saturated heterocycles. The van der Waals surface area contributed by atoms with Gasteiger partial charge in [-0.15, -0.1) is 0 Å². The largest absolute Gasteiger partial charge is 0.317 e. The first-order valence-corrected chi connectivity index (χ1v) is 8.09. The van der Waals surface area contributed by atoms with Gasteiger partial charge in [-0.1, -0.05) is 0 Å². The second-order valence-corrected chi connectivity index (χ2v) is 8.80. The van der Waals surface area contributed by atoms with Gasteiger partial charge in [0.25, 0.3) is 5.92 Å². The molecule has 2 fully saturated rings. The van der Waals surface area contributed by atoms with Crippen LogP contribution in [0.4, 0.5) is 8.78 Å². The van der Waals surface area contributed by atoms with Crippen LogP contribution in [0.25, 0.3) is 0 Å². The van der Waals surface area contributed by atoms with Crippen molar-refractivity contribution in [1.82, 2.24) is 10.0 Å². The third-order valence-electron chi connectivity index (χ3n) is 4.37. The van der Waals surface area contributed by atoms with Crippen molar-refractivity contribution in [2.75, 3.05) is 13.1 Å². The van der Waals surface area contributed by atoms with Crippen LogP contribution in [-0.4, -0.2) is 34.0 Å². The van der Waals surface area contributed by atoms with Crippen LogP contribution in [0.5, 0.6) is 0 Å². The van der Waals surface area contributed by atoms with Crippen LogP contribution < -0.4 is 10.0 Å². The van der Waals surface area contributed by atoms with Gasteiger partial charge in [-0.2, -0.15) is 0 Å². The van der Waals surface area contributed by atoms with E-state index in [2.05, 4.69) is 10.0 Å². The van der Waals surface area contributed by atoms with E-state index in [9.17, 15) is 13.0 Å². The fourth-order valence-electron chi connectivity index (χ4n) is 3.11. The van der Waals surface area contributed by atoms with Crippen LogP contribution in [0.15, 0.2) is 0 Å². The van der Waals surface area contributed by atoms with Crippen molar-refractivity contribution in [3.63, 3.8) is 0 Å². The van der Waals surface area contributed by atoms with E-state index in [1.165, 1.54) is 0 Å². The zero-order valence-corrected chi connectivity index (χ0v) is 12.7. The van der Waals surface area contributed by atoms with E-state index in [0.717, 1.165) is 25.9 Å². The highest BCUT2D eigenvalue weighted by molar-refractivity contribution is 7.84. The van der Waals surface area contributed by atoms with Gasteiger partial charge in [0.05, 0.1) is 21.8 Å². The van der Waals surface area contributed by atoms with E-state index >= 15 is 0 Å². The lowest BCUT2D eigenvalue weighted by atomic mass is 9.74. The molecule has 112 valence electrons. The summed E-state index contributed by atoms with van der Waals surface area (Å²) in [7, 11) is -1.45. The summed E-state index contributed by atoms with van der Waals surface area (Å²) in [5.41, 5.74) is -0.393. The predicted molar refractivity (Wildman–Crippen MR) is 73.5 cm³/mol. The van der Waals surface area contributed by atoms with E-state index in [0.29, 0.717) is 6.42 Å². The summed E-state index contributed by atoms with van der Waals surface area (Å²) < 4.78 is 42.8. The Balaban J connectivity index is 2.19. The van der Waals surface area contributed by atoms with E-state index in [1.54, 1.807) is 20.8 Å². The quantitative estimate of drug-likeness (QED) is 0.820. The topological polar surface area (TPSA) is 41.1 Å². The van der Waals surface area contributed by atoms with E-state index in [4.69, 9.17) is 0 Å². The van der Waals surface area contributed by atoms with Gasteiger partial charge in [-0.25, -0.2) is 17.7 Å². The third kappa shape index (κ3) is 3.00. The molecule has 3 nitrogen and oxygen atoms in total. The zero-order chi connectivity index (χ0) is 14.3. The lowest BCUT2D eigenvalue weighted by molar-refractivity contribution is -0.0348. The smallest absolute Gasteiger partial charge is 0.264 e. The van der Waals surface area contributed by atoms with Gasteiger partial charge in [-0.05, 0) is 58.5 Å². The maximum Gasteiger partial charge on any atom is 0.264 e.